The first-order valence-electron chi connectivity index (χ1n) is 6.00. The normalized spacial score (nSPS) is 28.7. The first-order chi connectivity index (χ1) is 7.29. The third-order valence-corrected chi connectivity index (χ3v) is 3.46. The molecule has 2 fully saturated rings. The lowest BCUT2D eigenvalue weighted by molar-refractivity contribution is -0.135. The molecular weight excluding hydrogens is 190 g/mol. The molecule has 1 N–H and O–H groups in total. The van der Waals surface area contributed by atoms with Crippen molar-refractivity contribution < 1.29 is 4.79 Å². The average molecular weight is 211 g/mol. The molecule has 0 aromatic carbocycles. The van der Waals surface area contributed by atoms with Gasteiger partial charge < -0.3 is 10.2 Å². The van der Waals surface area contributed by atoms with Crippen molar-refractivity contribution in [1.29, 1.82) is 0 Å². The van der Waals surface area contributed by atoms with Gasteiger partial charge in [0.05, 0.1) is 6.54 Å². The molecule has 0 aromatic heterocycles. The van der Waals surface area contributed by atoms with Gasteiger partial charge in [-0.1, -0.05) is 0 Å². The Hall–Kier alpha value is -0.610. The summed E-state index contributed by atoms with van der Waals surface area (Å²) in [6.07, 6.45) is 1.27. The zero-order valence-corrected chi connectivity index (χ0v) is 9.54. The monoisotopic (exact) mass is 211 g/mol. The first-order valence-corrected chi connectivity index (χ1v) is 6.00. The van der Waals surface area contributed by atoms with Crippen molar-refractivity contribution in [2.45, 2.75) is 13.3 Å². The number of nitrogens with zero attached hydrogens (tertiary/aromatic N) is 2. The lowest BCUT2D eigenvalue weighted by Gasteiger charge is -2.34. The molecule has 0 radical (unpaired) electrons. The molecule has 4 nitrogen and oxygen atoms in total. The van der Waals surface area contributed by atoms with E-state index < -0.39 is 0 Å². The zero-order chi connectivity index (χ0) is 10.7. The predicted molar refractivity (Wildman–Crippen MR) is 59.7 cm³/mol. The second-order valence-electron chi connectivity index (χ2n) is 4.57. The summed E-state index contributed by atoms with van der Waals surface area (Å²) < 4.78 is 0. The minimum absolute atomic E-state index is 0.301. The molecule has 1 unspecified atom stereocenters. The van der Waals surface area contributed by atoms with Gasteiger partial charge in [0.1, 0.15) is 0 Å². The maximum atomic E-state index is 11.7. The van der Waals surface area contributed by atoms with E-state index in [9.17, 15) is 4.79 Å². The van der Waals surface area contributed by atoms with Crippen molar-refractivity contribution in [3.05, 3.63) is 0 Å². The highest BCUT2D eigenvalue weighted by atomic mass is 16.2. The van der Waals surface area contributed by atoms with Gasteiger partial charge in [-0.3, -0.25) is 9.69 Å². The van der Waals surface area contributed by atoms with Gasteiger partial charge in [-0.2, -0.15) is 0 Å². The fraction of sp³-hybridized carbons (Fsp3) is 0.909. The fourth-order valence-electron chi connectivity index (χ4n) is 2.48. The molecule has 86 valence electrons. The molecule has 0 bridgehead atoms. The van der Waals surface area contributed by atoms with E-state index in [1.165, 1.54) is 6.42 Å². The van der Waals surface area contributed by atoms with Crippen LogP contribution in [-0.2, 0) is 4.79 Å². The molecule has 0 aromatic rings. The molecule has 1 atom stereocenters. The van der Waals surface area contributed by atoms with Crippen LogP contribution in [0.15, 0.2) is 0 Å². The van der Waals surface area contributed by atoms with Crippen molar-refractivity contribution >= 4 is 5.91 Å². The van der Waals surface area contributed by atoms with Gasteiger partial charge in [-0.25, -0.2) is 0 Å². The van der Waals surface area contributed by atoms with E-state index >= 15 is 0 Å². The van der Waals surface area contributed by atoms with E-state index in [4.69, 9.17) is 0 Å². The van der Waals surface area contributed by atoms with E-state index in [1.807, 2.05) is 4.90 Å². The summed E-state index contributed by atoms with van der Waals surface area (Å²) in [4.78, 5) is 15.9. The van der Waals surface area contributed by atoms with E-state index in [1.54, 1.807) is 0 Å². The van der Waals surface area contributed by atoms with Gasteiger partial charge in [0.2, 0.25) is 5.91 Å². The van der Waals surface area contributed by atoms with Crippen molar-refractivity contribution in [3.63, 3.8) is 0 Å². The Labute approximate surface area is 91.6 Å². The maximum Gasteiger partial charge on any atom is 0.236 e. The number of hydrogen-bond acceptors (Lipinski definition) is 3. The quantitative estimate of drug-likeness (QED) is 0.700. The molecule has 2 aliphatic rings. The highest BCUT2D eigenvalue weighted by molar-refractivity contribution is 5.78. The molecule has 0 saturated carbocycles. The Bertz CT molecular complexity index is 226. The minimum atomic E-state index is 0.301. The maximum absolute atomic E-state index is 11.7. The average Bonchev–Trinajstić information content (AvgIpc) is 2.71. The van der Waals surface area contributed by atoms with Crippen LogP contribution in [0, 0.1) is 5.92 Å². The first kappa shape index (κ1) is 10.9. The smallest absolute Gasteiger partial charge is 0.236 e. The number of carbonyl (C=O) groups is 1. The third-order valence-electron chi connectivity index (χ3n) is 3.46. The van der Waals surface area contributed by atoms with Gasteiger partial charge >= 0.3 is 0 Å². The molecule has 4 heteroatoms. The van der Waals surface area contributed by atoms with E-state index in [0.717, 1.165) is 45.2 Å². The van der Waals surface area contributed by atoms with Crippen molar-refractivity contribution in [2.75, 3.05) is 45.8 Å². The van der Waals surface area contributed by atoms with Crippen LogP contribution in [0.1, 0.15) is 13.3 Å². The lowest BCUT2D eigenvalue weighted by Crippen LogP contribution is -2.51. The number of nitrogens with one attached hydrogen (secondary N) is 1. The summed E-state index contributed by atoms with van der Waals surface area (Å²) in [7, 11) is 0. The number of carbonyl (C=O) groups excluding carboxylic acids is 1. The van der Waals surface area contributed by atoms with Gasteiger partial charge in [-0.05, 0) is 32.4 Å². The SMILES string of the molecule is CCN1CCN(CC2CCNC2)CC1=O. The number of likely N-dealkylation sites (N-methyl/N-ethyl adjacent to an activating group) is 1. The fourth-order valence-corrected chi connectivity index (χ4v) is 2.48. The number of hydrogen-bond donors (Lipinski definition) is 1. The van der Waals surface area contributed by atoms with Gasteiger partial charge in [0.15, 0.2) is 0 Å². The Morgan fingerprint density at radius 1 is 1.47 bits per heavy atom. The van der Waals surface area contributed by atoms with E-state index in [-0.39, 0.29) is 0 Å². The van der Waals surface area contributed by atoms with Gasteiger partial charge in [0.25, 0.3) is 0 Å². The summed E-state index contributed by atoms with van der Waals surface area (Å²) in [6, 6.07) is 0. The zero-order valence-electron chi connectivity index (χ0n) is 9.54. The third kappa shape index (κ3) is 2.69. The molecule has 0 spiro atoms. The molecule has 2 heterocycles. The molecule has 15 heavy (non-hydrogen) atoms. The summed E-state index contributed by atoms with van der Waals surface area (Å²) in [5.41, 5.74) is 0. The minimum Gasteiger partial charge on any atom is -0.341 e. The van der Waals surface area contributed by atoms with Gasteiger partial charge in [0, 0.05) is 26.2 Å². The topological polar surface area (TPSA) is 35.6 Å². The van der Waals surface area contributed by atoms with Crippen LogP contribution < -0.4 is 5.32 Å². The summed E-state index contributed by atoms with van der Waals surface area (Å²) in [5.74, 6) is 1.06. The van der Waals surface area contributed by atoms with Crippen LogP contribution >= 0.6 is 0 Å². The molecule has 2 rings (SSSR count). The van der Waals surface area contributed by atoms with Crippen LogP contribution in [0.4, 0.5) is 0 Å². The number of piperazine rings is 1. The molecule has 2 aliphatic heterocycles. The Morgan fingerprint density at radius 3 is 2.93 bits per heavy atom. The van der Waals surface area contributed by atoms with Crippen molar-refractivity contribution in [1.82, 2.24) is 15.1 Å². The largest absolute Gasteiger partial charge is 0.341 e. The summed E-state index contributed by atoms with van der Waals surface area (Å²) in [6.45, 7) is 8.87. The molecule has 1 amide bonds. The Morgan fingerprint density at radius 2 is 2.33 bits per heavy atom. The van der Waals surface area contributed by atoms with Crippen LogP contribution in [0.3, 0.4) is 0 Å². The van der Waals surface area contributed by atoms with E-state index in [0.29, 0.717) is 12.5 Å². The number of rotatable bonds is 3. The van der Waals surface area contributed by atoms with Crippen LogP contribution in [0.5, 0.6) is 0 Å². The molecular formula is C11H21N3O. The second-order valence-corrected chi connectivity index (χ2v) is 4.57. The van der Waals surface area contributed by atoms with Crippen LogP contribution in [-0.4, -0.2) is 61.5 Å². The van der Waals surface area contributed by atoms with E-state index in [2.05, 4.69) is 17.1 Å². The molecule has 0 aliphatic carbocycles. The van der Waals surface area contributed by atoms with Crippen LogP contribution in [0.2, 0.25) is 0 Å². The second kappa shape index (κ2) is 4.94. The number of amides is 1. The van der Waals surface area contributed by atoms with Crippen LogP contribution in [0.25, 0.3) is 0 Å². The highest BCUT2D eigenvalue weighted by Crippen LogP contribution is 2.12. The molecule has 2 saturated heterocycles. The summed E-state index contributed by atoms with van der Waals surface area (Å²) >= 11 is 0. The predicted octanol–water partition coefficient (Wildman–Crippen LogP) is -0.240. The van der Waals surface area contributed by atoms with Crippen molar-refractivity contribution in [3.8, 4) is 0 Å². The standard InChI is InChI=1S/C11H21N3O/c1-2-14-6-5-13(9-11(14)15)8-10-3-4-12-7-10/h10,12H,2-9H2,1H3. The Kier molecular flexibility index (Phi) is 3.59. The van der Waals surface area contributed by atoms with Gasteiger partial charge in [-0.15, -0.1) is 0 Å². The Balaban J connectivity index is 1.77. The lowest BCUT2D eigenvalue weighted by atomic mass is 10.1. The van der Waals surface area contributed by atoms with Crippen molar-refractivity contribution in [2.24, 2.45) is 5.92 Å². The highest BCUT2D eigenvalue weighted by Gasteiger charge is 2.25. The summed E-state index contributed by atoms with van der Waals surface area (Å²) in [5, 5.41) is 3.37.